The second-order valence-corrected chi connectivity index (χ2v) is 8.56. The maximum Gasteiger partial charge on any atom is 0.218 e. The molecule has 5 heteroatoms. The third kappa shape index (κ3) is 4.47. The fourth-order valence-electron chi connectivity index (χ4n) is 1.82. The molecule has 0 radical (unpaired) electrons. The summed E-state index contributed by atoms with van der Waals surface area (Å²) in [6, 6.07) is 7.32. The molecule has 114 valence electrons. The highest BCUT2D eigenvalue weighted by molar-refractivity contribution is 7.88. The van der Waals surface area contributed by atoms with E-state index in [2.05, 4.69) is 0 Å². The quantitative estimate of drug-likeness (QED) is 0.778. The fraction of sp³-hybridized carbons (Fsp3) is 0.600. The second-order valence-electron chi connectivity index (χ2n) is 6.26. The van der Waals surface area contributed by atoms with Crippen LogP contribution < -0.4 is 0 Å². The van der Waals surface area contributed by atoms with Gasteiger partial charge in [-0.3, -0.25) is 0 Å². The summed E-state index contributed by atoms with van der Waals surface area (Å²) in [4.78, 5) is 0. The molecule has 0 spiro atoms. The highest BCUT2D eigenvalue weighted by atomic mass is 35.5. The van der Waals surface area contributed by atoms with Crippen LogP contribution in [0.25, 0.3) is 0 Å². The number of benzene rings is 1. The number of nitrogens with zero attached hydrogens (tertiary/aromatic N) is 1. The van der Waals surface area contributed by atoms with Crippen LogP contribution >= 0.6 is 11.6 Å². The smallest absolute Gasteiger partial charge is 0.212 e. The van der Waals surface area contributed by atoms with E-state index >= 15 is 0 Å². The third-order valence-corrected chi connectivity index (χ3v) is 5.96. The van der Waals surface area contributed by atoms with Gasteiger partial charge in [0, 0.05) is 19.0 Å². The van der Waals surface area contributed by atoms with Gasteiger partial charge in [-0.2, -0.15) is 0 Å². The normalized spacial score (nSPS) is 14.6. The van der Waals surface area contributed by atoms with Crippen LogP contribution in [0.4, 0.5) is 0 Å². The molecule has 0 N–H and O–H groups in total. The molecular formula is C15H24ClNO2S. The van der Waals surface area contributed by atoms with Crippen LogP contribution in [0, 0.1) is 5.41 Å². The van der Waals surface area contributed by atoms with Crippen molar-refractivity contribution in [1.29, 1.82) is 0 Å². The Kier molecular flexibility index (Phi) is 5.64. The summed E-state index contributed by atoms with van der Waals surface area (Å²) in [6.07, 6.45) is 0. The molecule has 3 nitrogen and oxygen atoms in total. The van der Waals surface area contributed by atoms with Crippen molar-refractivity contribution in [2.75, 3.05) is 7.05 Å². The molecule has 0 amide bonds. The number of alkyl halides is 1. The van der Waals surface area contributed by atoms with E-state index in [1.807, 2.05) is 52.0 Å². The second kappa shape index (κ2) is 6.46. The minimum absolute atomic E-state index is 0.0203. The van der Waals surface area contributed by atoms with E-state index in [1.165, 1.54) is 4.31 Å². The molecule has 0 aromatic heterocycles. The highest BCUT2D eigenvalue weighted by Crippen LogP contribution is 2.26. The molecule has 0 bridgehead atoms. The van der Waals surface area contributed by atoms with Crippen molar-refractivity contribution in [2.45, 2.75) is 45.4 Å². The van der Waals surface area contributed by atoms with E-state index in [0.29, 0.717) is 5.88 Å². The van der Waals surface area contributed by atoms with Crippen LogP contribution in [0.15, 0.2) is 24.3 Å². The average molecular weight is 318 g/mol. The lowest BCUT2D eigenvalue weighted by molar-refractivity contribution is 0.216. The molecule has 0 aliphatic heterocycles. The van der Waals surface area contributed by atoms with Gasteiger partial charge in [0.25, 0.3) is 0 Å². The predicted octanol–water partition coefficient (Wildman–Crippen LogP) is 3.62. The van der Waals surface area contributed by atoms with Crippen molar-refractivity contribution < 1.29 is 8.42 Å². The van der Waals surface area contributed by atoms with E-state index in [4.69, 9.17) is 11.6 Å². The van der Waals surface area contributed by atoms with Crippen molar-refractivity contribution in [3.05, 3.63) is 35.4 Å². The predicted molar refractivity (Wildman–Crippen MR) is 85.3 cm³/mol. The SMILES string of the molecule is CC(N(C)S(=O)(=O)Cc1ccc(CCl)cc1)C(C)(C)C. The molecule has 0 aliphatic carbocycles. The molecule has 1 unspecified atom stereocenters. The number of hydrogen-bond acceptors (Lipinski definition) is 2. The molecular weight excluding hydrogens is 294 g/mol. The Balaban J connectivity index is 2.88. The van der Waals surface area contributed by atoms with Crippen LogP contribution in [0.2, 0.25) is 0 Å². The Morgan fingerprint density at radius 1 is 1.15 bits per heavy atom. The number of sulfonamides is 1. The summed E-state index contributed by atoms with van der Waals surface area (Å²) in [5, 5.41) is 0. The lowest BCUT2D eigenvalue weighted by Crippen LogP contribution is -2.43. The monoisotopic (exact) mass is 317 g/mol. The molecule has 1 aromatic rings. The molecule has 1 aromatic carbocycles. The van der Waals surface area contributed by atoms with E-state index in [-0.39, 0.29) is 17.2 Å². The maximum absolute atomic E-state index is 12.4. The van der Waals surface area contributed by atoms with E-state index in [1.54, 1.807) is 7.05 Å². The Labute approximate surface area is 128 Å². The minimum atomic E-state index is -3.31. The lowest BCUT2D eigenvalue weighted by atomic mass is 9.88. The molecule has 0 fully saturated rings. The summed E-state index contributed by atoms with van der Waals surface area (Å²) in [6.45, 7) is 8.06. The van der Waals surface area contributed by atoms with Gasteiger partial charge in [-0.15, -0.1) is 11.6 Å². The zero-order chi connectivity index (χ0) is 15.6. The van der Waals surface area contributed by atoms with Crippen LogP contribution in [0.5, 0.6) is 0 Å². The largest absolute Gasteiger partial charge is 0.218 e. The van der Waals surface area contributed by atoms with Crippen molar-refractivity contribution in [3.8, 4) is 0 Å². The average Bonchev–Trinajstić information content (AvgIpc) is 2.36. The summed E-state index contributed by atoms with van der Waals surface area (Å²) in [5.41, 5.74) is 1.68. The van der Waals surface area contributed by atoms with Gasteiger partial charge in [0.05, 0.1) is 5.75 Å². The van der Waals surface area contributed by atoms with Crippen molar-refractivity contribution in [3.63, 3.8) is 0 Å². The third-order valence-electron chi connectivity index (χ3n) is 3.76. The van der Waals surface area contributed by atoms with Crippen molar-refractivity contribution in [1.82, 2.24) is 4.31 Å². The molecule has 1 atom stereocenters. The van der Waals surface area contributed by atoms with E-state index in [9.17, 15) is 8.42 Å². The molecule has 0 aliphatic rings. The molecule has 0 saturated heterocycles. The first kappa shape index (κ1) is 17.5. The van der Waals surface area contributed by atoms with Gasteiger partial charge in [-0.25, -0.2) is 12.7 Å². The summed E-state index contributed by atoms with van der Waals surface area (Å²) < 4.78 is 26.4. The Hall–Kier alpha value is -0.580. The topological polar surface area (TPSA) is 37.4 Å². The fourth-order valence-corrected chi connectivity index (χ4v) is 3.62. The van der Waals surface area contributed by atoms with Gasteiger partial charge in [0.1, 0.15) is 0 Å². The Morgan fingerprint density at radius 2 is 1.60 bits per heavy atom. The highest BCUT2D eigenvalue weighted by Gasteiger charge is 2.31. The minimum Gasteiger partial charge on any atom is -0.212 e. The summed E-state index contributed by atoms with van der Waals surface area (Å²) in [5.74, 6) is 0.459. The number of halogens is 1. The van der Waals surface area contributed by atoms with E-state index in [0.717, 1.165) is 11.1 Å². The number of hydrogen-bond donors (Lipinski definition) is 0. The Morgan fingerprint density at radius 3 is 2.00 bits per heavy atom. The van der Waals surface area contributed by atoms with Gasteiger partial charge in [-0.05, 0) is 23.5 Å². The van der Waals surface area contributed by atoms with E-state index < -0.39 is 10.0 Å². The summed E-state index contributed by atoms with van der Waals surface area (Å²) in [7, 11) is -1.66. The van der Waals surface area contributed by atoms with Gasteiger partial charge in [0.15, 0.2) is 0 Å². The van der Waals surface area contributed by atoms with Crippen molar-refractivity contribution >= 4 is 21.6 Å². The first-order chi connectivity index (χ1) is 9.08. The van der Waals surface area contributed by atoms with Gasteiger partial charge in [0.2, 0.25) is 10.0 Å². The van der Waals surface area contributed by atoms with Crippen LogP contribution in [0.1, 0.15) is 38.8 Å². The maximum atomic E-state index is 12.4. The van der Waals surface area contributed by atoms with Crippen LogP contribution in [0.3, 0.4) is 0 Å². The molecule has 0 saturated carbocycles. The molecule has 20 heavy (non-hydrogen) atoms. The zero-order valence-electron chi connectivity index (χ0n) is 12.9. The standard InChI is InChI=1S/C15H24ClNO2S/c1-12(15(2,3)4)17(5)20(18,19)11-14-8-6-13(10-16)7-9-14/h6-9,12H,10-11H2,1-5H3. The van der Waals surface area contributed by atoms with Gasteiger partial charge < -0.3 is 0 Å². The van der Waals surface area contributed by atoms with Gasteiger partial charge in [-0.1, -0.05) is 45.0 Å². The van der Waals surface area contributed by atoms with Gasteiger partial charge >= 0.3 is 0 Å². The van der Waals surface area contributed by atoms with Crippen LogP contribution in [-0.4, -0.2) is 25.8 Å². The zero-order valence-corrected chi connectivity index (χ0v) is 14.4. The van der Waals surface area contributed by atoms with Crippen molar-refractivity contribution in [2.24, 2.45) is 5.41 Å². The first-order valence-electron chi connectivity index (χ1n) is 6.67. The van der Waals surface area contributed by atoms with Crippen LogP contribution in [-0.2, 0) is 21.7 Å². The summed E-state index contributed by atoms with van der Waals surface area (Å²) >= 11 is 5.73. The first-order valence-corrected chi connectivity index (χ1v) is 8.82. The Bertz CT molecular complexity index is 532. The lowest BCUT2D eigenvalue weighted by Gasteiger charge is -2.34. The molecule has 0 heterocycles. The number of rotatable bonds is 5. The molecule has 1 rings (SSSR count).